The average molecular weight is 367 g/mol. The molecule has 2 aromatic carbocycles. The Hall–Kier alpha value is -2.13. The smallest absolute Gasteiger partial charge is 0.311 e. The summed E-state index contributed by atoms with van der Waals surface area (Å²) in [7, 11) is 1.68. The number of hydrogen-bond acceptors (Lipinski definition) is 3. The number of carbonyl (C=O) groups excluding carboxylic acids is 1. The van der Waals surface area contributed by atoms with Crippen LogP contribution in [0.25, 0.3) is 16.8 Å². The summed E-state index contributed by atoms with van der Waals surface area (Å²) < 4.78 is 11.3. The predicted molar refractivity (Wildman–Crippen MR) is 111 cm³/mol. The maximum atomic E-state index is 12.8. The van der Waals surface area contributed by atoms with Crippen molar-refractivity contribution in [1.29, 1.82) is 0 Å². The van der Waals surface area contributed by atoms with Crippen LogP contribution < -0.4 is 0 Å². The summed E-state index contributed by atoms with van der Waals surface area (Å²) in [6, 6.07) is 10.6. The van der Waals surface area contributed by atoms with Gasteiger partial charge < -0.3 is 9.47 Å². The molecule has 0 aliphatic heterocycles. The first-order valence-corrected chi connectivity index (χ1v) is 9.66. The van der Waals surface area contributed by atoms with Crippen molar-refractivity contribution in [3.05, 3.63) is 53.1 Å². The number of carbonyl (C=O) groups is 1. The third kappa shape index (κ3) is 4.24. The Labute approximate surface area is 162 Å². The van der Waals surface area contributed by atoms with E-state index in [1.165, 1.54) is 16.5 Å². The average Bonchev–Trinajstić information content (AvgIpc) is 2.64. The Morgan fingerprint density at radius 1 is 1.15 bits per heavy atom. The number of ether oxygens (including phenoxy) is 2. The van der Waals surface area contributed by atoms with E-state index in [2.05, 4.69) is 36.4 Å². The molecular formula is C24H30O3. The van der Waals surface area contributed by atoms with E-state index in [0.717, 1.165) is 23.8 Å². The monoisotopic (exact) mass is 366 g/mol. The number of hydrogen-bond donors (Lipinski definition) is 0. The molecule has 3 nitrogen and oxygen atoms in total. The fourth-order valence-electron chi connectivity index (χ4n) is 4.05. The van der Waals surface area contributed by atoms with E-state index in [1.54, 1.807) is 7.11 Å². The molecule has 0 radical (unpaired) electrons. The molecule has 1 aliphatic carbocycles. The maximum absolute atomic E-state index is 12.8. The van der Waals surface area contributed by atoms with Crippen molar-refractivity contribution in [2.75, 3.05) is 7.11 Å². The van der Waals surface area contributed by atoms with Crippen molar-refractivity contribution in [1.82, 2.24) is 0 Å². The van der Waals surface area contributed by atoms with E-state index in [4.69, 9.17) is 9.47 Å². The second-order valence-corrected chi connectivity index (χ2v) is 8.69. The fraction of sp³-hybridized carbons (Fsp3) is 0.458. The van der Waals surface area contributed by atoms with Crippen LogP contribution in [-0.4, -0.2) is 18.7 Å². The number of benzene rings is 2. The number of allylic oxidation sites excluding steroid dienone is 1. The first kappa shape index (κ1) is 19.6. The van der Waals surface area contributed by atoms with E-state index in [-0.39, 0.29) is 11.6 Å². The summed E-state index contributed by atoms with van der Waals surface area (Å²) in [5, 5.41) is 2.36. The summed E-state index contributed by atoms with van der Waals surface area (Å²) in [5.74, 6) is -0.186. The van der Waals surface area contributed by atoms with Crippen molar-refractivity contribution >= 4 is 22.8 Å². The van der Waals surface area contributed by atoms with Gasteiger partial charge in [-0.3, -0.25) is 4.79 Å². The van der Waals surface area contributed by atoms with Gasteiger partial charge in [0.2, 0.25) is 0 Å². The highest BCUT2D eigenvalue weighted by atomic mass is 16.5. The van der Waals surface area contributed by atoms with E-state index in [1.807, 2.05) is 33.8 Å². The Kier molecular flexibility index (Phi) is 5.43. The predicted octanol–water partition coefficient (Wildman–Crippen LogP) is 5.68. The molecule has 0 bridgehead atoms. The zero-order valence-electron chi connectivity index (χ0n) is 17.1. The number of rotatable bonds is 6. The van der Waals surface area contributed by atoms with Crippen molar-refractivity contribution in [3.8, 4) is 0 Å². The highest BCUT2D eigenvalue weighted by molar-refractivity contribution is 5.90. The van der Waals surface area contributed by atoms with Crippen LogP contribution >= 0.6 is 0 Å². The molecule has 3 heteroatoms. The van der Waals surface area contributed by atoms with E-state index in [9.17, 15) is 4.79 Å². The van der Waals surface area contributed by atoms with E-state index < -0.39 is 5.41 Å². The molecule has 0 aromatic heterocycles. The van der Waals surface area contributed by atoms with Gasteiger partial charge in [-0.2, -0.15) is 0 Å². The zero-order chi connectivity index (χ0) is 19.7. The molecule has 0 fully saturated rings. The molecule has 0 unspecified atom stereocenters. The van der Waals surface area contributed by atoms with Gasteiger partial charge in [0.15, 0.2) is 0 Å². The molecule has 0 amide bonds. The minimum atomic E-state index is -0.611. The number of esters is 1. The molecule has 0 atom stereocenters. The van der Waals surface area contributed by atoms with Gasteiger partial charge >= 0.3 is 5.97 Å². The Morgan fingerprint density at radius 2 is 1.89 bits per heavy atom. The Morgan fingerprint density at radius 3 is 2.63 bits per heavy atom. The molecule has 2 aromatic rings. The molecule has 1 aliphatic rings. The lowest BCUT2D eigenvalue weighted by Crippen LogP contribution is -2.36. The summed E-state index contributed by atoms with van der Waals surface area (Å²) in [6.45, 7) is 8.13. The van der Waals surface area contributed by atoms with Gasteiger partial charge in [-0.25, -0.2) is 0 Å². The summed E-state index contributed by atoms with van der Waals surface area (Å²) in [5.41, 5.74) is 2.67. The van der Waals surface area contributed by atoms with Gasteiger partial charge in [-0.05, 0) is 68.9 Å². The number of methoxy groups -OCH3 is 1. The van der Waals surface area contributed by atoms with Crippen LogP contribution in [0.15, 0.2) is 36.4 Å². The highest BCUT2D eigenvalue weighted by Crippen LogP contribution is 2.34. The molecule has 144 valence electrons. The van der Waals surface area contributed by atoms with Crippen LogP contribution in [0.4, 0.5) is 0 Å². The molecule has 0 saturated carbocycles. The maximum Gasteiger partial charge on any atom is 0.311 e. The first-order valence-electron chi connectivity index (χ1n) is 9.66. The minimum Gasteiger partial charge on any atom is -0.460 e. The van der Waals surface area contributed by atoms with Crippen LogP contribution in [0.5, 0.6) is 0 Å². The zero-order valence-corrected chi connectivity index (χ0v) is 17.1. The molecular weight excluding hydrogens is 336 g/mol. The second-order valence-electron chi connectivity index (χ2n) is 8.69. The summed E-state index contributed by atoms with van der Waals surface area (Å²) in [4.78, 5) is 12.8. The SMILES string of the molecule is COC(C)(C)CC(C)(C)C(=O)OCc1c2c(cc3ccccc13)CCC=C2. The topological polar surface area (TPSA) is 35.5 Å². The Balaban J connectivity index is 1.87. The van der Waals surface area contributed by atoms with Crippen LogP contribution in [0.3, 0.4) is 0 Å². The molecule has 3 rings (SSSR count). The van der Waals surface area contributed by atoms with Gasteiger partial charge in [-0.1, -0.05) is 42.5 Å². The van der Waals surface area contributed by atoms with Crippen molar-refractivity contribution < 1.29 is 14.3 Å². The second kappa shape index (κ2) is 7.47. The largest absolute Gasteiger partial charge is 0.460 e. The molecule has 0 N–H and O–H groups in total. The van der Waals surface area contributed by atoms with E-state index >= 15 is 0 Å². The third-order valence-electron chi connectivity index (χ3n) is 5.47. The molecule has 0 saturated heterocycles. The van der Waals surface area contributed by atoms with Crippen LogP contribution in [0, 0.1) is 5.41 Å². The molecule has 27 heavy (non-hydrogen) atoms. The Bertz CT molecular complexity index is 875. The quantitative estimate of drug-likeness (QED) is 0.617. The lowest BCUT2D eigenvalue weighted by atomic mass is 9.81. The number of aryl methyl sites for hydroxylation is 1. The minimum absolute atomic E-state index is 0.186. The lowest BCUT2D eigenvalue weighted by Gasteiger charge is -2.32. The van der Waals surface area contributed by atoms with Gasteiger partial charge in [0, 0.05) is 12.7 Å². The fourth-order valence-corrected chi connectivity index (χ4v) is 4.05. The molecule has 0 heterocycles. The highest BCUT2D eigenvalue weighted by Gasteiger charge is 2.36. The standard InChI is InChI=1S/C24H30O3/c1-23(2,16-24(3,4)26-5)22(25)27-15-21-19-12-8-6-10-17(19)14-18-11-7-9-13-20(18)21/h6,8-10,12-14H,7,11,15-16H2,1-5H3. The number of fused-ring (bicyclic) bond motifs is 2. The summed E-state index contributed by atoms with van der Waals surface area (Å²) in [6.07, 6.45) is 7.07. The van der Waals surface area contributed by atoms with E-state index in [0.29, 0.717) is 13.0 Å². The van der Waals surface area contributed by atoms with Gasteiger partial charge in [0.25, 0.3) is 0 Å². The van der Waals surface area contributed by atoms with Gasteiger partial charge in [0.05, 0.1) is 11.0 Å². The van der Waals surface area contributed by atoms with Crippen molar-refractivity contribution in [2.45, 2.75) is 59.2 Å². The lowest BCUT2D eigenvalue weighted by molar-refractivity contribution is -0.159. The van der Waals surface area contributed by atoms with Gasteiger partial charge in [-0.15, -0.1) is 0 Å². The van der Waals surface area contributed by atoms with Crippen LogP contribution in [0.2, 0.25) is 0 Å². The van der Waals surface area contributed by atoms with Gasteiger partial charge in [0.1, 0.15) is 6.61 Å². The normalized spacial score (nSPS) is 14.3. The van der Waals surface area contributed by atoms with Crippen LogP contribution in [0.1, 0.15) is 57.2 Å². The third-order valence-corrected chi connectivity index (χ3v) is 5.47. The summed E-state index contributed by atoms with van der Waals surface area (Å²) >= 11 is 0. The van der Waals surface area contributed by atoms with Crippen LogP contribution in [-0.2, 0) is 27.3 Å². The van der Waals surface area contributed by atoms with Crippen molar-refractivity contribution in [3.63, 3.8) is 0 Å². The first-order chi connectivity index (χ1) is 12.7. The molecule has 0 spiro atoms. The van der Waals surface area contributed by atoms with Crippen molar-refractivity contribution in [2.24, 2.45) is 5.41 Å².